The van der Waals surface area contributed by atoms with Crippen LogP contribution in [-0.2, 0) is 0 Å². The number of H-pyrrole nitrogens is 1. The maximum atomic E-state index is 12.4. The molecule has 6 heteroatoms. The number of nitrogens with one attached hydrogen (secondary N) is 1. The first-order valence-corrected chi connectivity index (χ1v) is 5.92. The van der Waals surface area contributed by atoms with E-state index < -0.39 is 4.92 Å². The summed E-state index contributed by atoms with van der Waals surface area (Å²) in [7, 11) is 0. The van der Waals surface area contributed by atoms with Crippen LogP contribution in [0.5, 0.6) is 0 Å². The number of aromatic amines is 1. The fourth-order valence-corrected chi connectivity index (χ4v) is 2.14. The van der Waals surface area contributed by atoms with Crippen molar-refractivity contribution in [1.29, 1.82) is 0 Å². The number of benzene rings is 1. The average molecular weight is 270 g/mol. The van der Waals surface area contributed by atoms with E-state index in [0.717, 1.165) is 5.56 Å². The maximum Gasteiger partial charge on any atom is 0.271 e. The minimum absolute atomic E-state index is 0.0208. The van der Waals surface area contributed by atoms with Crippen molar-refractivity contribution in [2.75, 3.05) is 0 Å². The molecule has 0 aliphatic carbocycles. The van der Waals surface area contributed by atoms with E-state index in [-0.39, 0.29) is 17.2 Å². The Morgan fingerprint density at radius 2 is 2.15 bits per heavy atom. The molecule has 3 rings (SSSR count). The lowest BCUT2D eigenvalue weighted by Crippen LogP contribution is -2.00. The van der Waals surface area contributed by atoms with Crippen molar-refractivity contribution in [3.05, 3.63) is 63.7 Å². The highest BCUT2D eigenvalue weighted by Crippen LogP contribution is 2.26. The average Bonchev–Trinajstić information content (AvgIpc) is 3.03. The number of fused-ring (bicyclic) bond motifs is 1. The van der Waals surface area contributed by atoms with E-state index in [1.165, 1.54) is 18.4 Å². The Morgan fingerprint density at radius 3 is 2.80 bits per heavy atom. The Hall–Kier alpha value is -2.89. The van der Waals surface area contributed by atoms with E-state index in [0.29, 0.717) is 16.5 Å². The number of nitro groups is 1. The molecule has 2 aromatic heterocycles. The predicted octanol–water partition coefficient (Wildman–Crippen LogP) is 3.21. The van der Waals surface area contributed by atoms with Gasteiger partial charge in [-0.25, -0.2) is 0 Å². The van der Waals surface area contributed by atoms with Crippen molar-refractivity contribution in [2.24, 2.45) is 0 Å². The lowest BCUT2D eigenvalue weighted by molar-refractivity contribution is -0.384. The minimum atomic E-state index is -0.474. The number of nitro benzene ring substituents is 1. The van der Waals surface area contributed by atoms with Gasteiger partial charge in [0.1, 0.15) is 0 Å². The van der Waals surface area contributed by atoms with E-state index in [1.807, 2.05) is 0 Å². The molecular weight excluding hydrogens is 260 g/mol. The van der Waals surface area contributed by atoms with Crippen molar-refractivity contribution < 1.29 is 14.1 Å². The van der Waals surface area contributed by atoms with Crippen molar-refractivity contribution in [2.45, 2.75) is 6.92 Å². The van der Waals surface area contributed by atoms with Crippen LogP contribution < -0.4 is 0 Å². The number of hydrogen-bond donors (Lipinski definition) is 1. The molecule has 0 aliphatic rings. The summed E-state index contributed by atoms with van der Waals surface area (Å²) in [6.07, 6.45) is 3.00. The van der Waals surface area contributed by atoms with Crippen molar-refractivity contribution in [3.63, 3.8) is 0 Å². The standard InChI is InChI=1S/C14H10N2O4/c1-8-4-5-20-14(8)13(17)11-7-15-12-6-9(16(18)19)2-3-10(11)12/h2-7,15H,1H3. The van der Waals surface area contributed by atoms with Gasteiger partial charge in [-0.15, -0.1) is 0 Å². The fourth-order valence-electron chi connectivity index (χ4n) is 2.14. The van der Waals surface area contributed by atoms with Gasteiger partial charge in [-0.3, -0.25) is 14.9 Å². The molecule has 0 spiro atoms. The molecule has 0 radical (unpaired) electrons. The number of non-ortho nitro benzene ring substituents is 1. The first-order chi connectivity index (χ1) is 9.58. The molecule has 0 amide bonds. The number of carbonyl (C=O) groups excluding carboxylic acids is 1. The van der Waals surface area contributed by atoms with Crippen LogP contribution in [0.15, 0.2) is 41.1 Å². The van der Waals surface area contributed by atoms with Crippen molar-refractivity contribution >= 4 is 22.4 Å². The molecular formula is C14H10N2O4. The van der Waals surface area contributed by atoms with Crippen LogP contribution in [0.2, 0.25) is 0 Å². The first-order valence-electron chi connectivity index (χ1n) is 5.92. The van der Waals surface area contributed by atoms with Gasteiger partial charge >= 0.3 is 0 Å². The zero-order chi connectivity index (χ0) is 14.3. The second-order valence-electron chi connectivity index (χ2n) is 4.45. The maximum absolute atomic E-state index is 12.4. The topological polar surface area (TPSA) is 89.1 Å². The Morgan fingerprint density at radius 1 is 1.35 bits per heavy atom. The first kappa shape index (κ1) is 12.2. The number of aromatic nitrogens is 1. The van der Waals surface area contributed by atoms with Gasteiger partial charge in [0.05, 0.1) is 22.3 Å². The van der Waals surface area contributed by atoms with Gasteiger partial charge in [-0.2, -0.15) is 0 Å². The fraction of sp³-hybridized carbons (Fsp3) is 0.0714. The molecule has 0 fully saturated rings. The molecule has 1 N–H and O–H groups in total. The zero-order valence-electron chi connectivity index (χ0n) is 10.5. The van der Waals surface area contributed by atoms with Crippen LogP contribution in [0.1, 0.15) is 21.7 Å². The summed E-state index contributed by atoms with van der Waals surface area (Å²) >= 11 is 0. The van der Waals surface area contributed by atoms with Gasteiger partial charge in [0, 0.05) is 23.7 Å². The van der Waals surface area contributed by atoms with E-state index in [9.17, 15) is 14.9 Å². The summed E-state index contributed by atoms with van der Waals surface area (Å²) in [5.74, 6) is 0.0388. The Balaban J connectivity index is 2.12. The quantitative estimate of drug-likeness (QED) is 0.449. The Labute approximate surface area is 113 Å². The number of nitrogens with zero attached hydrogens (tertiary/aromatic N) is 1. The lowest BCUT2D eigenvalue weighted by atomic mass is 10.1. The number of rotatable bonds is 3. The van der Waals surface area contributed by atoms with Crippen LogP contribution in [0.4, 0.5) is 5.69 Å². The van der Waals surface area contributed by atoms with Crippen LogP contribution in [0.3, 0.4) is 0 Å². The van der Waals surface area contributed by atoms with Crippen molar-refractivity contribution in [1.82, 2.24) is 4.98 Å². The molecule has 0 bridgehead atoms. The molecule has 100 valence electrons. The minimum Gasteiger partial charge on any atom is -0.461 e. The summed E-state index contributed by atoms with van der Waals surface area (Å²) < 4.78 is 5.19. The van der Waals surface area contributed by atoms with Crippen molar-refractivity contribution in [3.8, 4) is 0 Å². The summed E-state index contributed by atoms with van der Waals surface area (Å²) in [6, 6.07) is 6.06. The van der Waals surface area contributed by atoms with E-state index >= 15 is 0 Å². The normalized spacial score (nSPS) is 10.8. The summed E-state index contributed by atoms with van der Waals surface area (Å²) in [6.45, 7) is 1.79. The van der Waals surface area contributed by atoms with Gasteiger partial charge in [0.25, 0.3) is 5.69 Å². The molecule has 1 aromatic carbocycles. The van der Waals surface area contributed by atoms with Gasteiger partial charge < -0.3 is 9.40 Å². The smallest absolute Gasteiger partial charge is 0.271 e. The molecule has 6 nitrogen and oxygen atoms in total. The van der Waals surface area contributed by atoms with Crippen LogP contribution in [0, 0.1) is 17.0 Å². The Bertz CT molecular complexity index is 829. The highest BCUT2D eigenvalue weighted by molar-refractivity contribution is 6.15. The van der Waals surface area contributed by atoms with E-state index in [1.54, 1.807) is 25.3 Å². The second-order valence-corrected chi connectivity index (χ2v) is 4.45. The number of carbonyl (C=O) groups is 1. The summed E-state index contributed by atoms with van der Waals surface area (Å²) in [4.78, 5) is 25.5. The monoisotopic (exact) mass is 270 g/mol. The van der Waals surface area contributed by atoms with Gasteiger partial charge in [-0.1, -0.05) is 0 Å². The molecule has 0 atom stereocenters. The molecule has 0 saturated heterocycles. The molecule has 3 aromatic rings. The van der Waals surface area contributed by atoms with Crippen LogP contribution in [-0.4, -0.2) is 15.7 Å². The number of ketones is 1. The third-order valence-corrected chi connectivity index (χ3v) is 3.19. The number of aryl methyl sites for hydroxylation is 1. The summed E-state index contributed by atoms with van der Waals surface area (Å²) in [5, 5.41) is 11.4. The van der Waals surface area contributed by atoms with E-state index in [4.69, 9.17) is 4.42 Å². The third kappa shape index (κ3) is 1.78. The second kappa shape index (κ2) is 4.34. The molecule has 0 aliphatic heterocycles. The largest absolute Gasteiger partial charge is 0.461 e. The third-order valence-electron chi connectivity index (χ3n) is 3.19. The van der Waals surface area contributed by atoms with Gasteiger partial charge in [0.2, 0.25) is 5.78 Å². The van der Waals surface area contributed by atoms with Crippen LogP contribution >= 0.6 is 0 Å². The summed E-state index contributed by atoms with van der Waals surface area (Å²) in [5.41, 5.74) is 1.72. The molecule has 2 heterocycles. The number of furan rings is 1. The molecule has 20 heavy (non-hydrogen) atoms. The predicted molar refractivity (Wildman–Crippen MR) is 71.8 cm³/mol. The number of hydrogen-bond acceptors (Lipinski definition) is 4. The zero-order valence-corrected chi connectivity index (χ0v) is 10.5. The highest BCUT2D eigenvalue weighted by Gasteiger charge is 2.19. The van der Waals surface area contributed by atoms with Crippen LogP contribution in [0.25, 0.3) is 10.9 Å². The van der Waals surface area contributed by atoms with Gasteiger partial charge in [-0.05, 0) is 24.6 Å². The highest BCUT2D eigenvalue weighted by atomic mass is 16.6. The Kier molecular flexibility index (Phi) is 2.64. The molecule has 0 unspecified atom stereocenters. The lowest BCUT2D eigenvalue weighted by Gasteiger charge is -1.97. The SMILES string of the molecule is Cc1ccoc1C(=O)c1c[nH]c2cc([N+](=O)[O-])ccc12. The van der Waals surface area contributed by atoms with Gasteiger partial charge in [0.15, 0.2) is 5.76 Å². The molecule has 0 saturated carbocycles. The van der Waals surface area contributed by atoms with E-state index in [2.05, 4.69) is 4.98 Å².